The van der Waals surface area contributed by atoms with Crippen LogP contribution in [-0.2, 0) is 0 Å². The van der Waals surface area contributed by atoms with Gasteiger partial charge in [0.2, 0.25) is 0 Å². The number of aryl methyl sites for hydroxylation is 2. The number of aliphatic hydroxyl groups is 1. The van der Waals surface area contributed by atoms with Gasteiger partial charge in [0.25, 0.3) is 5.91 Å². The molecule has 0 saturated carbocycles. The van der Waals surface area contributed by atoms with E-state index in [0.29, 0.717) is 10.6 Å². The Hall–Kier alpha value is -2.16. The quantitative estimate of drug-likeness (QED) is 0.833. The van der Waals surface area contributed by atoms with Crippen LogP contribution in [0, 0.1) is 25.7 Å². The second-order valence-corrected chi connectivity index (χ2v) is 5.28. The van der Waals surface area contributed by atoms with E-state index in [2.05, 4.69) is 22.1 Å². The molecule has 2 heterocycles. The fraction of sp³-hybridized carbons (Fsp3) is 0.200. The van der Waals surface area contributed by atoms with Crippen LogP contribution in [0.5, 0.6) is 0 Å². The Morgan fingerprint density at radius 1 is 1.45 bits per heavy atom. The Balaban J connectivity index is 2.15. The van der Waals surface area contributed by atoms with Crippen molar-refractivity contribution in [1.29, 1.82) is 0 Å². The lowest BCUT2D eigenvalue weighted by atomic mass is 10.2. The number of hydrogen-bond donors (Lipinski definition) is 2. The van der Waals surface area contributed by atoms with Crippen molar-refractivity contribution in [3.8, 4) is 11.8 Å². The lowest BCUT2D eigenvalue weighted by molar-refractivity contribution is 0.103. The van der Waals surface area contributed by atoms with Crippen LogP contribution < -0.4 is 5.32 Å². The number of thiophene rings is 1. The summed E-state index contributed by atoms with van der Waals surface area (Å²) in [6, 6.07) is 5.45. The number of carbonyl (C=O) groups excluding carboxylic acids is 1. The molecule has 0 atom stereocenters. The zero-order valence-corrected chi connectivity index (χ0v) is 12.0. The summed E-state index contributed by atoms with van der Waals surface area (Å²) >= 11 is 1.31. The minimum absolute atomic E-state index is 0.180. The van der Waals surface area contributed by atoms with Crippen LogP contribution in [0.15, 0.2) is 24.4 Å². The summed E-state index contributed by atoms with van der Waals surface area (Å²) in [5.74, 6) is 5.24. The number of anilines is 1. The fourth-order valence-corrected chi connectivity index (χ4v) is 2.51. The molecule has 0 aliphatic rings. The summed E-state index contributed by atoms with van der Waals surface area (Å²) in [6.45, 7) is 3.59. The Kier molecular flexibility index (Phi) is 4.51. The molecule has 0 radical (unpaired) electrons. The molecule has 5 heteroatoms. The molecule has 2 N–H and O–H groups in total. The largest absolute Gasteiger partial charge is 0.384 e. The molecule has 20 heavy (non-hydrogen) atoms. The number of aromatic nitrogens is 1. The molecular weight excluding hydrogens is 272 g/mol. The van der Waals surface area contributed by atoms with Gasteiger partial charge in [-0.2, -0.15) is 0 Å². The SMILES string of the molecule is Cc1ccc(NC(=O)c2cc(C)c(C#CCO)s2)cn1. The smallest absolute Gasteiger partial charge is 0.265 e. The zero-order valence-electron chi connectivity index (χ0n) is 11.2. The summed E-state index contributed by atoms with van der Waals surface area (Å²) in [5, 5.41) is 11.5. The van der Waals surface area contributed by atoms with Gasteiger partial charge >= 0.3 is 0 Å². The number of nitrogens with zero attached hydrogens (tertiary/aromatic N) is 1. The average Bonchev–Trinajstić information content (AvgIpc) is 2.80. The van der Waals surface area contributed by atoms with Gasteiger partial charge in [-0.15, -0.1) is 11.3 Å². The predicted molar refractivity (Wildman–Crippen MR) is 79.9 cm³/mol. The van der Waals surface area contributed by atoms with Crippen molar-refractivity contribution in [1.82, 2.24) is 4.98 Å². The monoisotopic (exact) mass is 286 g/mol. The van der Waals surface area contributed by atoms with E-state index in [1.165, 1.54) is 11.3 Å². The summed E-state index contributed by atoms with van der Waals surface area (Å²) in [6.07, 6.45) is 1.63. The molecule has 0 aliphatic carbocycles. The van der Waals surface area contributed by atoms with Crippen molar-refractivity contribution in [2.24, 2.45) is 0 Å². The van der Waals surface area contributed by atoms with Gasteiger partial charge in [0.1, 0.15) is 6.61 Å². The normalized spacial score (nSPS) is 9.75. The minimum atomic E-state index is -0.187. The van der Waals surface area contributed by atoms with Crippen molar-refractivity contribution in [3.05, 3.63) is 45.4 Å². The summed E-state index contributed by atoms with van der Waals surface area (Å²) < 4.78 is 0. The molecule has 0 saturated heterocycles. The molecule has 0 aliphatic heterocycles. The molecule has 0 fully saturated rings. The van der Waals surface area contributed by atoms with E-state index < -0.39 is 0 Å². The van der Waals surface area contributed by atoms with Crippen molar-refractivity contribution in [3.63, 3.8) is 0 Å². The van der Waals surface area contributed by atoms with Crippen LogP contribution in [0.3, 0.4) is 0 Å². The molecule has 0 aromatic carbocycles. The van der Waals surface area contributed by atoms with Crippen LogP contribution in [0.2, 0.25) is 0 Å². The first-order valence-corrected chi connectivity index (χ1v) is 6.86. The molecule has 0 bridgehead atoms. The predicted octanol–water partition coefficient (Wildman–Crippen LogP) is 2.36. The number of nitrogens with one attached hydrogen (secondary N) is 1. The van der Waals surface area contributed by atoms with E-state index in [0.717, 1.165) is 16.1 Å². The molecule has 102 valence electrons. The molecule has 0 spiro atoms. The van der Waals surface area contributed by atoms with E-state index >= 15 is 0 Å². The average molecular weight is 286 g/mol. The van der Waals surface area contributed by atoms with Crippen molar-refractivity contribution >= 4 is 22.9 Å². The first-order valence-electron chi connectivity index (χ1n) is 6.04. The summed E-state index contributed by atoms with van der Waals surface area (Å²) in [7, 11) is 0. The van der Waals surface area contributed by atoms with Crippen molar-refractivity contribution < 1.29 is 9.90 Å². The van der Waals surface area contributed by atoms with Crippen LogP contribution in [0.25, 0.3) is 0 Å². The maximum Gasteiger partial charge on any atom is 0.265 e. The number of hydrogen-bond acceptors (Lipinski definition) is 4. The molecule has 0 unspecified atom stereocenters. The lowest BCUT2D eigenvalue weighted by Crippen LogP contribution is -2.10. The standard InChI is InChI=1S/C15H14N2O2S/c1-10-8-14(20-13(10)4-3-7-18)15(19)17-12-6-5-11(2)16-9-12/h5-6,8-9,18H,7H2,1-2H3,(H,17,19). The molecule has 1 amide bonds. The highest BCUT2D eigenvalue weighted by Crippen LogP contribution is 2.22. The number of amides is 1. The lowest BCUT2D eigenvalue weighted by Gasteiger charge is -2.02. The Labute approximate surface area is 121 Å². The highest BCUT2D eigenvalue weighted by atomic mass is 32.1. The van der Waals surface area contributed by atoms with E-state index in [-0.39, 0.29) is 12.5 Å². The van der Waals surface area contributed by atoms with Crippen LogP contribution in [0.1, 0.15) is 25.8 Å². The number of pyridine rings is 1. The van der Waals surface area contributed by atoms with Gasteiger partial charge in [-0.25, -0.2) is 0 Å². The fourth-order valence-electron chi connectivity index (χ4n) is 1.57. The van der Waals surface area contributed by atoms with Crippen LogP contribution in [-0.4, -0.2) is 22.6 Å². The third-order valence-electron chi connectivity index (χ3n) is 2.59. The van der Waals surface area contributed by atoms with Gasteiger partial charge < -0.3 is 10.4 Å². The van der Waals surface area contributed by atoms with Crippen LogP contribution >= 0.6 is 11.3 Å². The van der Waals surface area contributed by atoms with Gasteiger partial charge in [-0.1, -0.05) is 11.8 Å². The third-order valence-corrected chi connectivity index (χ3v) is 3.74. The topological polar surface area (TPSA) is 62.2 Å². The highest BCUT2D eigenvalue weighted by Gasteiger charge is 2.11. The molecule has 2 rings (SSSR count). The highest BCUT2D eigenvalue weighted by molar-refractivity contribution is 7.14. The van der Waals surface area contributed by atoms with E-state index in [1.54, 1.807) is 12.3 Å². The summed E-state index contributed by atoms with van der Waals surface area (Å²) in [4.78, 5) is 17.6. The first kappa shape index (κ1) is 14.3. The molecule has 4 nitrogen and oxygen atoms in total. The molecule has 2 aromatic heterocycles. The Morgan fingerprint density at radius 3 is 2.90 bits per heavy atom. The maximum absolute atomic E-state index is 12.1. The van der Waals surface area contributed by atoms with E-state index in [9.17, 15) is 4.79 Å². The van der Waals surface area contributed by atoms with Gasteiger partial charge in [-0.05, 0) is 37.6 Å². The van der Waals surface area contributed by atoms with Gasteiger partial charge in [0.15, 0.2) is 0 Å². The van der Waals surface area contributed by atoms with Crippen molar-refractivity contribution in [2.45, 2.75) is 13.8 Å². The van der Waals surface area contributed by atoms with Crippen LogP contribution in [0.4, 0.5) is 5.69 Å². The van der Waals surface area contributed by atoms with Gasteiger partial charge in [0, 0.05) is 5.69 Å². The number of rotatable bonds is 2. The van der Waals surface area contributed by atoms with Gasteiger partial charge in [-0.3, -0.25) is 9.78 Å². The van der Waals surface area contributed by atoms with E-state index in [1.807, 2.05) is 26.0 Å². The first-order chi connectivity index (χ1) is 9.60. The second kappa shape index (κ2) is 6.33. The molecule has 2 aromatic rings. The second-order valence-electron chi connectivity index (χ2n) is 4.23. The number of aliphatic hydroxyl groups excluding tert-OH is 1. The van der Waals surface area contributed by atoms with E-state index in [4.69, 9.17) is 5.11 Å². The Morgan fingerprint density at radius 2 is 2.25 bits per heavy atom. The maximum atomic E-state index is 12.1. The Bertz CT molecular complexity index is 678. The third kappa shape index (κ3) is 3.44. The van der Waals surface area contributed by atoms with Crippen molar-refractivity contribution in [2.75, 3.05) is 11.9 Å². The molecular formula is C15H14N2O2S. The van der Waals surface area contributed by atoms with Gasteiger partial charge in [0.05, 0.1) is 21.6 Å². The zero-order chi connectivity index (χ0) is 14.5. The number of carbonyl (C=O) groups is 1. The summed E-state index contributed by atoms with van der Waals surface area (Å²) in [5.41, 5.74) is 2.49. The minimum Gasteiger partial charge on any atom is -0.384 e.